The fraction of sp³-hybridized carbons (Fsp3) is 0.118. The molecule has 0 saturated carbocycles. The largest absolute Gasteiger partial charge is 0.398 e. The molecule has 0 heterocycles. The van der Waals surface area contributed by atoms with Crippen LogP contribution in [0.15, 0.2) is 48.5 Å². The number of hydrogen-bond acceptors (Lipinski definition) is 8. The second kappa shape index (κ2) is 7.93. The third kappa shape index (κ3) is 4.55. The van der Waals surface area contributed by atoms with Crippen LogP contribution in [-0.4, -0.2) is 23.8 Å². The van der Waals surface area contributed by atoms with Crippen LogP contribution in [0.5, 0.6) is 0 Å². The first-order valence-electron chi connectivity index (χ1n) is 7.30. The van der Waals surface area contributed by atoms with E-state index in [-0.39, 0.29) is 28.9 Å². The van der Waals surface area contributed by atoms with Crippen molar-refractivity contribution in [2.75, 3.05) is 11.5 Å². The Hall–Kier alpha value is -3.39. The first-order chi connectivity index (χ1) is 11.9. The third-order valence-corrected chi connectivity index (χ3v) is 3.35. The SMILES string of the molecule is Nc1ccccc1C(=O)CC(N)C(=O)OOC(=O)c1ccccc1N. The van der Waals surface area contributed by atoms with E-state index in [0.29, 0.717) is 0 Å². The van der Waals surface area contributed by atoms with Gasteiger partial charge >= 0.3 is 11.9 Å². The molecule has 0 bridgehead atoms. The molecule has 0 fully saturated rings. The molecule has 1 unspecified atom stereocenters. The van der Waals surface area contributed by atoms with Gasteiger partial charge in [0.2, 0.25) is 0 Å². The Labute approximate surface area is 143 Å². The maximum absolute atomic E-state index is 12.1. The molecule has 0 aliphatic heterocycles. The highest BCUT2D eigenvalue weighted by Gasteiger charge is 2.24. The number of anilines is 2. The minimum Gasteiger partial charge on any atom is -0.398 e. The number of carbonyl (C=O) groups is 3. The molecular weight excluding hydrogens is 326 g/mol. The van der Waals surface area contributed by atoms with Crippen molar-refractivity contribution in [3.63, 3.8) is 0 Å². The number of carbonyl (C=O) groups excluding carboxylic acids is 3. The monoisotopic (exact) mass is 343 g/mol. The highest BCUT2D eigenvalue weighted by atomic mass is 17.2. The van der Waals surface area contributed by atoms with Crippen molar-refractivity contribution in [2.24, 2.45) is 5.73 Å². The first-order valence-corrected chi connectivity index (χ1v) is 7.30. The van der Waals surface area contributed by atoms with Gasteiger partial charge in [-0.2, -0.15) is 0 Å². The predicted octanol–water partition coefficient (Wildman–Crippen LogP) is 1.07. The summed E-state index contributed by atoms with van der Waals surface area (Å²) in [6.07, 6.45) is -0.349. The van der Waals surface area contributed by atoms with Crippen LogP contribution in [0, 0.1) is 0 Å². The summed E-state index contributed by atoms with van der Waals surface area (Å²) in [6.45, 7) is 0. The number of Topliss-reactive ketones (excluding diaryl/α,β-unsaturated/α-hetero) is 1. The Morgan fingerprint density at radius 2 is 1.36 bits per heavy atom. The number of nitrogens with two attached hydrogens (primary N) is 3. The van der Waals surface area contributed by atoms with Gasteiger partial charge in [0.15, 0.2) is 5.78 Å². The van der Waals surface area contributed by atoms with Crippen molar-refractivity contribution in [1.82, 2.24) is 0 Å². The predicted molar refractivity (Wildman–Crippen MR) is 90.1 cm³/mol. The summed E-state index contributed by atoms with van der Waals surface area (Å²) >= 11 is 0. The van der Waals surface area contributed by atoms with Crippen LogP contribution in [0.4, 0.5) is 11.4 Å². The van der Waals surface area contributed by atoms with Gasteiger partial charge in [-0.25, -0.2) is 19.4 Å². The Balaban J connectivity index is 1.90. The van der Waals surface area contributed by atoms with Gasteiger partial charge in [-0.1, -0.05) is 24.3 Å². The highest BCUT2D eigenvalue weighted by molar-refractivity contribution is 6.02. The lowest BCUT2D eigenvalue weighted by atomic mass is 10.0. The van der Waals surface area contributed by atoms with Gasteiger partial charge in [0, 0.05) is 23.4 Å². The van der Waals surface area contributed by atoms with Crippen molar-refractivity contribution in [3.05, 3.63) is 59.7 Å². The summed E-state index contributed by atoms with van der Waals surface area (Å²) in [5.41, 5.74) is 17.6. The lowest BCUT2D eigenvalue weighted by Crippen LogP contribution is -2.35. The summed E-state index contributed by atoms with van der Waals surface area (Å²) < 4.78 is 0. The molecule has 8 nitrogen and oxygen atoms in total. The minimum absolute atomic E-state index is 0.0389. The molecule has 0 saturated heterocycles. The van der Waals surface area contributed by atoms with Crippen LogP contribution in [0.3, 0.4) is 0 Å². The van der Waals surface area contributed by atoms with Gasteiger partial charge in [0.25, 0.3) is 0 Å². The Morgan fingerprint density at radius 1 is 0.840 bits per heavy atom. The normalized spacial score (nSPS) is 11.4. The summed E-state index contributed by atoms with van der Waals surface area (Å²) in [4.78, 5) is 44.5. The molecule has 1 atom stereocenters. The van der Waals surface area contributed by atoms with Crippen LogP contribution in [-0.2, 0) is 14.6 Å². The Kier molecular flexibility index (Phi) is 5.70. The number of benzene rings is 2. The van der Waals surface area contributed by atoms with E-state index in [1.807, 2.05) is 0 Å². The zero-order valence-corrected chi connectivity index (χ0v) is 13.2. The molecule has 0 spiro atoms. The van der Waals surface area contributed by atoms with E-state index in [1.165, 1.54) is 18.2 Å². The minimum atomic E-state index is -1.31. The van der Waals surface area contributed by atoms with Crippen molar-refractivity contribution >= 4 is 29.1 Å². The van der Waals surface area contributed by atoms with Gasteiger partial charge in [-0.3, -0.25) is 4.79 Å². The molecular formula is C17H17N3O5. The van der Waals surface area contributed by atoms with Gasteiger partial charge in [-0.05, 0) is 24.3 Å². The number of hydrogen-bond donors (Lipinski definition) is 3. The quantitative estimate of drug-likeness (QED) is 0.316. The number of ketones is 1. The molecule has 0 radical (unpaired) electrons. The summed E-state index contributed by atoms with van der Waals surface area (Å²) in [5, 5.41) is 0. The van der Waals surface area contributed by atoms with E-state index >= 15 is 0 Å². The fourth-order valence-electron chi connectivity index (χ4n) is 2.01. The smallest absolute Gasteiger partial charge is 0.388 e. The maximum Gasteiger partial charge on any atom is 0.388 e. The van der Waals surface area contributed by atoms with Crippen LogP contribution in [0.1, 0.15) is 27.1 Å². The topological polar surface area (TPSA) is 148 Å². The Morgan fingerprint density at radius 3 is 1.92 bits per heavy atom. The molecule has 2 aromatic carbocycles. The average molecular weight is 343 g/mol. The van der Waals surface area contributed by atoms with Crippen molar-refractivity contribution in [2.45, 2.75) is 12.5 Å². The van der Waals surface area contributed by atoms with Crippen LogP contribution in [0.2, 0.25) is 0 Å². The van der Waals surface area contributed by atoms with Gasteiger partial charge < -0.3 is 17.2 Å². The molecule has 2 aromatic rings. The lowest BCUT2D eigenvalue weighted by molar-refractivity contribution is -0.235. The van der Waals surface area contributed by atoms with Gasteiger partial charge in [0.05, 0.1) is 5.56 Å². The van der Waals surface area contributed by atoms with Gasteiger partial charge in [-0.15, -0.1) is 0 Å². The summed E-state index contributed by atoms with van der Waals surface area (Å²) in [7, 11) is 0. The van der Waals surface area contributed by atoms with E-state index in [0.717, 1.165) is 0 Å². The van der Waals surface area contributed by atoms with Crippen molar-refractivity contribution in [1.29, 1.82) is 0 Å². The third-order valence-electron chi connectivity index (χ3n) is 3.35. The highest BCUT2D eigenvalue weighted by Crippen LogP contribution is 2.15. The zero-order chi connectivity index (χ0) is 18.4. The average Bonchev–Trinajstić information content (AvgIpc) is 2.60. The van der Waals surface area contributed by atoms with Crippen LogP contribution < -0.4 is 17.2 Å². The molecule has 25 heavy (non-hydrogen) atoms. The molecule has 0 aromatic heterocycles. The molecule has 0 amide bonds. The standard InChI is InChI=1S/C17H17N3O5/c18-12-7-3-1-5-10(12)15(21)9-14(20)17(23)25-24-16(22)11-6-2-4-8-13(11)19/h1-8,14H,9,18-20H2. The molecule has 0 aliphatic rings. The van der Waals surface area contributed by atoms with Crippen molar-refractivity contribution in [3.8, 4) is 0 Å². The molecule has 0 aliphatic carbocycles. The molecule has 6 N–H and O–H groups in total. The Bertz CT molecular complexity index is 806. The second-order valence-corrected chi connectivity index (χ2v) is 5.18. The van der Waals surface area contributed by atoms with E-state index in [1.54, 1.807) is 30.3 Å². The van der Waals surface area contributed by atoms with Crippen molar-refractivity contribution < 1.29 is 24.2 Å². The molecule has 130 valence electrons. The number of nitrogen functional groups attached to an aromatic ring is 2. The number of para-hydroxylation sites is 2. The maximum atomic E-state index is 12.1. The van der Waals surface area contributed by atoms with E-state index in [4.69, 9.17) is 17.2 Å². The van der Waals surface area contributed by atoms with E-state index in [9.17, 15) is 14.4 Å². The second-order valence-electron chi connectivity index (χ2n) is 5.18. The van der Waals surface area contributed by atoms with Crippen LogP contribution in [0.25, 0.3) is 0 Å². The summed E-state index contributed by atoms with van der Waals surface area (Å²) in [5.74, 6) is -2.44. The van der Waals surface area contributed by atoms with E-state index < -0.39 is 23.8 Å². The number of rotatable bonds is 5. The van der Waals surface area contributed by atoms with Gasteiger partial charge in [0.1, 0.15) is 6.04 Å². The molecule has 8 heteroatoms. The van der Waals surface area contributed by atoms with E-state index in [2.05, 4.69) is 9.78 Å². The fourth-order valence-corrected chi connectivity index (χ4v) is 2.01. The molecule has 2 rings (SSSR count). The zero-order valence-electron chi connectivity index (χ0n) is 13.2. The lowest BCUT2D eigenvalue weighted by Gasteiger charge is -2.10. The summed E-state index contributed by atoms with van der Waals surface area (Å²) in [6, 6.07) is 11.2. The first kappa shape index (κ1) is 18.0. The van der Waals surface area contributed by atoms with Crippen LogP contribution >= 0.6 is 0 Å².